The largest absolute Gasteiger partial charge is 0.493 e. The smallest absolute Gasteiger partial charge is 0.323 e. The zero-order valence-electron chi connectivity index (χ0n) is 15.0. The van der Waals surface area contributed by atoms with Crippen molar-refractivity contribution in [3.05, 3.63) is 17.8 Å². The molecule has 0 bridgehead atoms. The number of hydrogen-bond acceptors (Lipinski definition) is 5. The molecule has 0 aromatic carbocycles. The molecule has 1 N–H and O–H groups in total. The van der Waals surface area contributed by atoms with Gasteiger partial charge in [0.15, 0.2) is 11.6 Å². The SMILES string of the molecule is COc1ccc(C)nc1NC(=O)N1CCOCC1CC1CCOCC1. The van der Waals surface area contributed by atoms with Crippen LogP contribution in [-0.2, 0) is 9.47 Å². The average Bonchev–Trinajstić information content (AvgIpc) is 2.63. The molecule has 3 rings (SSSR count). The van der Waals surface area contributed by atoms with Crippen LogP contribution >= 0.6 is 0 Å². The Labute approximate surface area is 148 Å². The molecule has 0 aliphatic carbocycles. The summed E-state index contributed by atoms with van der Waals surface area (Å²) in [7, 11) is 1.57. The number of nitrogens with zero attached hydrogens (tertiary/aromatic N) is 2. The third-order valence-corrected chi connectivity index (χ3v) is 4.88. The molecule has 1 aromatic rings. The first-order valence-corrected chi connectivity index (χ1v) is 8.92. The summed E-state index contributed by atoms with van der Waals surface area (Å²) in [6.45, 7) is 5.26. The number of hydrogen-bond donors (Lipinski definition) is 1. The minimum atomic E-state index is -0.142. The van der Waals surface area contributed by atoms with Gasteiger partial charge in [0.05, 0.1) is 26.4 Å². The number of urea groups is 1. The first-order valence-electron chi connectivity index (χ1n) is 8.92. The van der Waals surface area contributed by atoms with Crippen LogP contribution in [0.2, 0.25) is 0 Å². The first kappa shape index (κ1) is 17.9. The second-order valence-corrected chi connectivity index (χ2v) is 6.65. The Morgan fingerprint density at radius 3 is 2.88 bits per heavy atom. The van der Waals surface area contributed by atoms with Gasteiger partial charge in [-0.05, 0) is 44.2 Å². The highest BCUT2D eigenvalue weighted by Gasteiger charge is 2.30. The van der Waals surface area contributed by atoms with Crippen molar-refractivity contribution in [2.24, 2.45) is 5.92 Å². The molecule has 0 spiro atoms. The molecular formula is C18H27N3O4. The summed E-state index contributed by atoms with van der Waals surface area (Å²) < 4.78 is 16.4. The van der Waals surface area contributed by atoms with E-state index in [0.29, 0.717) is 37.2 Å². The number of aromatic nitrogens is 1. The summed E-state index contributed by atoms with van der Waals surface area (Å²) in [6, 6.07) is 3.62. The first-order chi connectivity index (χ1) is 12.2. The van der Waals surface area contributed by atoms with E-state index in [9.17, 15) is 4.79 Å². The van der Waals surface area contributed by atoms with Gasteiger partial charge in [-0.1, -0.05) is 0 Å². The number of aryl methyl sites for hydroxylation is 1. The highest BCUT2D eigenvalue weighted by atomic mass is 16.5. The Bertz CT molecular complexity index is 590. The molecule has 1 aromatic heterocycles. The Morgan fingerprint density at radius 1 is 1.32 bits per heavy atom. The number of morpholine rings is 1. The van der Waals surface area contributed by atoms with E-state index in [4.69, 9.17) is 14.2 Å². The Morgan fingerprint density at radius 2 is 2.12 bits per heavy atom. The van der Waals surface area contributed by atoms with Gasteiger partial charge in [-0.2, -0.15) is 0 Å². The van der Waals surface area contributed by atoms with Gasteiger partial charge in [-0.3, -0.25) is 5.32 Å². The van der Waals surface area contributed by atoms with Gasteiger partial charge in [-0.15, -0.1) is 0 Å². The van der Waals surface area contributed by atoms with E-state index < -0.39 is 0 Å². The number of carbonyl (C=O) groups is 1. The third kappa shape index (κ3) is 4.61. The summed E-state index contributed by atoms with van der Waals surface area (Å²) in [5.41, 5.74) is 0.830. The van der Waals surface area contributed by atoms with Crippen LogP contribution < -0.4 is 10.1 Å². The fraction of sp³-hybridized carbons (Fsp3) is 0.667. The van der Waals surface area contributed by atoms with Crippen LogP contribution in [0.4, 0.5) is 10.6 Å². The van der Waals surface area contributed by atoms with Crippen LogP contribution in [0.3, 0.4) is 0 Å². The summed E-state index contributed by atoms with van der Waals surface area (Å²) >= 11 is 0. The maximum absolute atomic E-state index is 12.8. The number of carbonyl (C=O) groups excluding carboxylic acids is 1. The molecule has 3 heterocycles. The fourth-order valence-electron chi connectivity index (χ4n) is 3.46. The Hall–Kier alpha value is -1.86. The van der Waals surface area contributed by atoms with E-state index in [1.165, 1.54) is 0 Å². The van der Waals surface area contributed by atoms with Crippen LogP contribution in [0, 0.1) is 12.8 Å². The van der Waals surface area contributed by atoms with Crippen LogP contribution in [-0.4, -0.2) is 62.0 Å². The van der Waals surface area contributed by atoms with E-state index in [1.807, 2.05) is 24.0 Å². The van der Waals surface area contributed by atoms with Crippen molar-refractivity contribution in [2.75, 3.05) is 45.4 Å². The highest BCUT2D eigenvalue weighted by molar-refractivity contribution is 5.90. The fourth-order valence-corrected chi connectivity index (χ4v) is 3.46. The number of ether oxygens (including phenoxy) is 3. The third-order valence-electron chi connectivity index (χ3n) is 4.88. The normalized spacial score (nSPS) is 21.8. The molecular weight excluding hydrogens is 322 g/mol. The Balaban J connectivity index is 1.67. The van der Waals surface area contributed by atoms with Gasteiger partial charge in [-0.25, -0.2) is 9.78 Å². The molecule has 7 nitrogen and oxygen atoms in total. The molecule has 2 aliphatic heterocycles. The minimum Gasteiger partial charge on any atom is -0.493 e. The van der Waals surface area contributed by atoms with E-state index in [0.717, 1.165) is 38.2 Å². The lowest BCUT2D eigenvalue weighted by Crippen LogP contribution is -2.51. The van der Waals surface area contributed by atoms with Crippen molar-refractivity contribution < 1.29 is 19.0 Å². The number of rotatable bonds is 4. The second kappa shape index (κ2) is 8.49. The van der Waals surface area contributed by atoms with Crippen molar-refractivity contribution in [3.63, 3.8) is 0 Å². The van der Waals surface area contributed by atoms with Crippen LogP contribution in [0.15, 0.2) is 12.1 Å². The number of amides is 2. The Kier molecular flexibility index (Phi) is 6.09. The van der Waals surface area contributed by atoms with E-state index >= 15 is 0 Å². The molecule has 1 atom stereocenters. The molecule has 2 saturated heterocycles. The lowest BCUT2D eigenvalue weighted by molar-refractivity contribution is -0.00507. The minimum absolute atomic E-state index is 0.0904. The van der Waals surface area contributed by atoms with Gasteiger partial charge in [0.1, 0.15) is 0 Å². The van der Waals surface area contributed by atoms with Gasteiger partial charge >= 0.3 is 6.03 Å². The number of nitrogens with one attached hydrogen (secondary N) is 1. The second-order valence-electron chi connectivity index (χ2n) is 6.65. The zero-order valence-corrected chi connectivity index (χ0v) is 15.0. The van der Waals surface area contributed by atoms with Crippen molar-refractivity contribution >= 4 is 11.8 Å². The van der Waals surface area contributed by atoms with Crippen LogP contribution in [0.5, 0.6) is 5.75 Å². The van der Waals surface area contributed by atoms with Crippen LogP contribution in [0.25, 0.3) is 0 Å². The molecule has 25 heavy (non-hydrogen) atoms. The van der Waals surface area contributed by atoms with Gasteiger partial charge in [0.2, 0.25) is 0 Å². The predicted molar refractivity (Wildman–Crippen MR) is 94.0 cm³/mol. The molecule has 2 fully saturated rings. The summed E-state index contributed by atoms with van der Waals surface area (Å²) in [5.74, 6) is 1.61. The van der Waals surface area contributed by atoms with Gasteiger partial charge < -0.3 is 19.1 Å². The average molecular weight is 349 g/mol. The molecule has 0 saturated carbocycles. The summed E-state index contributed by atoms with van der Waals surface area (Å²) in [6.07, 6.45) is 3.06. The molecule has 1 unspecified atom stereocenters. The summed E-state index contributed by atoms with van der Waals surface area (Å²) in [5, 5.41) is 2.91. The maximum Gasteiger partial charge on any atom is 0.323 e. The van der Waals surface area contributed by atoms with Gasteiger partial charge in [0.25, 0.3) is 0 Å². The van der Waals surface area contributed by atoms with E-state index in [-0.39, 0.29) is 12.1 Å². The molecule has 138 valence electrons. The molecule has 0 radical (unpaired) electrons. The van der Waals surface area contributed by atoms with Crippen molar-refractivity contribution in [2.45, 2.75) is 32.2 Å². The van der Waals surface area contributed by atoms with Crippen molar-refractivity contribution in [3.8, 4) is 5.75 Å². The van der Waals surface area contributed by atoms with Crippen LogP contribution in [0.1, 0.15) is 25.0 Å². The van der Waals surface area contributed by atoms with Crippen molar-refractivity contribution in [1.29, 1.82) is 0 Å². The molecule has 2 amide bonds. The number of methoxy groups -OCH3 is 1. The number of pyridine rings is 1. The number of anilines is 1. The molecule has 2 aliphatic rings. The standard InChI is InChI=1S/C18H27N3O4/c1-13-3-4-16(23-2)17(19-13)20-18(22)21-7-10-25-12-15(21)11-14-5-8-24-9-6-14/h3-4,14-15H,5-12H2,1-2H3,(H,19,20,22). The van der Waals surface area contributed by atoms with E-state index in [2.05, 4.69) is 10.3 Å². The van der Waals surface area contributed by atoms with E-state index in [1.54, 1.807) is 7.11 Å². The van der Waals surface area contributed by atoms with Gasteiger partial charge in [0, 0.05) is 25.5 Å². The topological polar surface area (TPSA) is 72.9 Å². The monoisotopic (exact) mass is 349 g/mol. The molecule has 7 heteroatoms. The summed E-state index contributed by atoms with van der Waals surface area (Å²) in [4.78, 5) is 19.1. The quantitative estimate of drug-likeness (QED) is 0.904. The maximum atomic E-state index is 12.8. The lowest BCUT2D eigenvalue weighted by atomic mass is 9.92. The van der Waals surface area contributed by atoms with Crippen molar-refractivity contribution in [1.82, 2.24) is 9.88 Å². The predicted octanol–water partition coefficient (Wildman–Crippen LogP) is 2.45. The zero-order chi connectivity index (χ0) is 17.6. The lowest BCUT2D eigenvalue weighted by Gasteiger charge is -2.38. The highest BCUT2D eigenvalue weighted by Crippen LogP contribution is 2.26.